The van der Waals surface area contributed by atoms with E-state index in [4.69, 9.17) is 28.4 Å². The van der Waals surface area contributed by atoms with E-state index in [0.717, 1.165) is 92.4 Å². The van der Waals surface area contributed by atoms with E-state index in [0.29, 0.717) is 23.5 Å². The Balaban J connectivity index is 1.39. The summed E-state index contributed by atoms with van der Waals surface area (Å²) in [7, 11) is 11.4. The van der Waals surface area contributed by atoms with Gasteiger partial charge in [-0.15, -0.1) is 0 Å². The molecule has 6 aliphatic rings. The van der Waals surface area contributed by atoms with Crippen LogP contribution in [-0.2, 0) is 22.3 Å². The van der Waals surface area contributed by atoms with Gasteiger partial charge in [0.25, 0.3) is 0 Å². The molecular formula is C38H50N2O6. The molecule has 8 nitrogen and oxygen atoms in total. The van der Waals surface area contributed by atoms with Crippen molar-refractivity contribution in [3.05, 3.63) is 64.1 Å². The molecule has 4 aliphatic heterocycles. The zero-order chi connectivity index (χ0) is 31.9. The Labute approximate surface area is 274 Å². The van der Waals surface area contributed by atoms with Crippen molar-refractivity contribution in [1.29, 1.82) is 0 Å². The summed E-state index contributed by atoms with van der Waals surface area (Å²) in [6.45, 7) is 1.98. The van der Waals surface area contributed by atoms with E-state index in [-0.39, 0.29) is 18.1 Å². The van der Waals surface area contributed by atoms with Crippen molar-refractivity contribution in [2.45, 2.75) is 76.0 Å². The molecular weight excluding hydrogens is 580 g/mol. The number of benzene rings is 2. The Hall–Kier alpha value is -3.36. The number of likely N-dealkylation sites (N-methyl/N-ethyl adjacent to an activating group) is 2. The molecule has 4 heterocycles. The number of hydrogen-bond acceptors (Lipinski definition) is 8. The maximum atomic E-state index is 7.09. The molecule has 0 saturated heterocycles. The highest BCUT2D eigenvalue weighted by Gasteiger charge is 2.37. The van der Waals surface area contributed by atoms with Gasteiger partial charge in [0.05, 0.1) is 34.5 Å². The lowest BCUT2D eigenvalue weighted by atomic mass is 9.79. The van der Waals surface area contributed by atoms with Crippen molar-refractivity contribution < 1.29 is 28.4 Å². The van der Waals surface area contributed by atoms with Crippen molar-refractivity contribution in [3.63, 3.8) is 0 Å². The molecule has 1 unspecified atom stereocenters. The largest absolute Gasteiger partial charge is 0.493 e. The van der Waals surface area contributed by atoms with E-state index in [1.807, 2.05) is 0 Å². The third-order valence-corrected chi connectivity index (χ3v) is 11.3. The summed E-state index contributed by atoms with van der Waals surface area (Å²) >= 11 is 0. The molecule has 1 saturated carbocycles. The lowest BCUT2D eigenvalue weighted by Crippen LogP contribution is -2.35. The SMILES string of the molecule is COC1=C2CC(C=C1)C[C@H]1c3c(cc(OC)c(OC)c3Oc3cc4c(cc3OC)CCN(C)[C@H]4CC3CCC(CC3)O2)CCN1C. The summed E-state index contributed by atoms with van der Waals surface area (Å²) in [4.78, 5) is 4.99. The monoisotopic (exact) mass is 630 g/mol. The molecule has 0 radical (unpaired) electrons. The fraction of sp³-hybridized carbons (Fsp3) is 0.579. The number of methoxy groups -OCH3 is 4. The van der Waals surface area contributed by atoms with Crippen LogP contribution < -0.4 is 18.9 Å². The van der Waals surface area contributed by atoms with Crippen LogP contribution in [0, 0.1) is 11.8 Å². The third kappa shape index (κ3) is 5.72. The van der Waals surface area contributed by atoms with E-state index >= 15 is 0 Å². The van der Waals surface area contributed by atoms with Gasteiger partial charge in [-0.3, -0.25) is 9.80 Å². The number of fused-ring (bicyclic) bond motifs is 2. The minimum atomic E-state index is 0.107. The fourth-order valence-corrected chi connectivity index (χ4v) is 8.62. The molecule has 6 bridgehead atoms. The first kappa shape index (κ1) is 31.3. The molecule has 3 atom stereocenters. The zero-order valence-electron chi connectivity index (χ0n) is 28.4. The zero-order valence-corrected chi connectivity index (χ0v) is 28.4. The van der Waals surface area contributed by atoms with Crippen LogP contribution >= 0.6 is 0 Å². The van der Waals surface area contributed by atoms with Crippen LogP contribution in [0.2, 0.25) is 0 Å². The van der Waals surface area contributed by atoms with Gasteiger partial charge in [0.1, 0.15) is 5.76 Å². The van der Waals surface area contributed by atoms with Crippen molar-refractivity contribution in [3.8, 4) is 28.7 Å². The average Bonchev–Trinajstić information content (AvgIpc) is 3.07. The highest BCUT2D eigenvalue weighted by Crippen LogP contribution is 2.53. The normalized spacial score (nSPS) is 27.9. The van der Waals surface area contributed by atoms with Gasteiger partial charge < -0.3 is 28.4 Å². The smallest absolute Gasteiger partial charge is 0.204 e. The Bertz CT molecular complexity index is 1510. The molecule has 8 heteroatoms. The minimum Gasteiger partial charge on any atom is -0.493 e. The maximum absolute atomic E-state index is 7.09. The van der Waals surface area contributed by atoms with Crippen molar-refractivity contribution >= 4 is 0 Å². The van der Waals surface area contributed by atoms with Crippen LogP contribution in [0.5, 0.6) is 28.7 Å². The fourth-order valence-electron chi connectivity index (χ4n) is 8.62. The maximum Gasteiger partial charge on any atom is 0.204 e. The van der Waals surface area contributed by atoms with E-state index in [1.165, 1.54) is 29.5 Å². The predicted octanol–water partition coefficient (Wildman–Crippen LogP) is 7.37. The molecule has 2 aromatic carbocycles. The van der Waals surface area contributed by atoms with Gasteiger partial charge in [-0.05, 0) is 118 Å². The molecule has 2 aromatic rings. The second kappa shape index (κ2) is 13.0. The van der Waals surface area contributed by atoms with Crippen LogP contribution in [0.3, 0.4) is 0 Å². The highest BCUT2D eigenvalue weighted by molar-refractivity contribution is 5.63. The lowest BCUT2D eigenvalue weighted by Gasteiger charge is -2.40. The van der Waals surface area contributed by atoms with Gasteiger partial charge in [0.15, 0.2) is 28.8 Å². The average molecular weight is 631 g/mol. The number of hydrogen-bond donors (Lipinski definition) is 0. The standard InChI is InChI=1S/C38H50N2O6/c1-39-15-13-25-20-32(42-4)34-22-28(25)29(39)17-23-7-10-27(11-8-23)45-33-19-24(9-12-31(33)41-3)18-30-36-26(14-16-40(30)2)21-35(43-5)37(44-6)38(36)46-34/h9,12,20-24,27,29-30H,7-8,10-11,13-19H2,1-6H3/t23?,24?,27?,29-,30-/m0/s1. The Morgan fingerprint density at radius 1 is 0.761 bits per heavy atom. The van der Waals surface area contributed by atoms with Gasteiger partial charge in [-0.1, -0.05) is 6.08 Å². The van der Waals surface area contributed by atoms with Crippen LogP contribution in [-0.4, -0.2) is 71.5 Å². The number of ether oxygens (including phenoxy) is 6. The topological polar surface area (TPSA) is 61.9 Å². The number of rotatable bonds is 4. The van der Waals surface area contributed by atoms with E-state index in [2.05, 4.69) is 54.2 Å². The summed E-state index contributed by atoms with van der Waals surface area (Å²) in [6.07, 6.45) is 14.0. The van der Waals surface area contributed by atoms with Gasteiger partial charge in [-0.25, -0.2) is 0 Å². The van der Waals surface area contributed by atoms with Crippen molar-refractivity contribution in [2.24, 2.45) is 11.8 Å². The van der Waals surface area contributed by atoms with Gasteiger partial charge in [0, 0.05) is 37.2 Å². The molecule has 248 valence electrons. The molecule has 0 amide bonds. The first-order chi connectivity index (χ1) is 22.4. The van der Waals surface area contributed by atoms with Crippen LogP contribution in [0.15, 0.2) is 41.9 Å². The summed E-state index contributed by atoms with van der Waals surface area (Å²) in [5.74, 6) is 6.31. The Kier molecular flexibility index (Phi) is 8.85. The summed E-state index contributed by atoms with van der Waals surface area (Å²) in [5, 5.41) is 0. The molecule has 0 spiro atoms. The molecule has 2 aliphatic carbocycles. The second-order valence-corrected chi connectivity index (χ2v) is 13.9. The van der Waals surface area contributed by atoms with Gasteiger partial charge >= 0.3 is 0 Å². The highest BCUT2D eigenvalue weighted by atomic mass is 16.5. The Morgan fingerprint density at radius 2 is 1.48 bits per heavy atom. The third-order valence-electron chi connectivity index (χ3n) is 11.3. The van der Waals surface area contributed by atoms with Crippen LogP contribution in [0.25, 0.3) is 0 Å². The minimum absolute atomic E-state index is 0.107. The molecule has 1 fully saturated rings. The summed E-state index contributed by atoms with van der Waals surface area (Å²) < 4.78 is 37.7. The van der Waals surface area contributed by atoms with Crippen LogP contribution in [0.1, 0.15) is 79.3 Å². The first-order valence-electron chi connectivity index (χ1n) is 17.1. The van der Waals surface area contributed by atoms with E-state index in [9.17, 15) is 0 Å². The quantitative estimate of drug-likeness (QED) is 0.347. The Morgan fingerprint density at radius 3 is 2.20 bits per heavy atom. The molecule has 0 N–H and O–H groups in total. The van der Waals surface area contributed by atoms with E-state index < -0.39 is 0 Å². The van der Waals surface area contributed by atoms with Crippen LogP contribution in [0.4, 0.5) is 0 Å². The second-order valence-electron chi connectivity index (χ2n) is 13.9. The molecule has 0 aromatic heterocycles. The number of nitrogens with zero attached hydrogens (tertiary/aromatic N) is 2. The van der Waals surface area contributed by atoms with Crippen molar-refractivity contribution in [1.82, 2.24) is 9.80 Å². The molecule has 46 heavy (non-hydrogen) atoms. The van der Waals surface area contributed by atoms with Gasteiger partial charge in [-0.2, -0.15) is 0 Å². The lowest BCUT2D eigenvalue weighted by molar-refractivity contribution is 0.0422. The number of allylic oxidation sites excluding steroid dienone is 3. The summed E-state index contributed by atoms with van der Waals surface area (Å²) in [5.41, 5.74) is 5.11. The van der Waals surface area contributed by atoms with Crippen molar-refractivity contribution in [2.75, 3.05) is 55.6 Å². The molecule has 8 rings (SSSR count). The predicted molar refractivity (Wildman–Crippen MR) is 178 cm³/mol. The summed E-state index contributed by atoms with van der Waals surface area (Å²) in [6, 6.07) is 7.05. The first-order valence-corrected chi connectivity index (χ1v) is 17.1. The van der Waals surface area contributed by atoms with Gasteiger partial charge in [0.2, 0.25) is 5.75 Å². The van der Waals surface area contributed by atoms with E-state index in [1.54, 1.807) is 28.4 Å².